The lowest BCUT2D eigenvalue weighted by Gasteiger charge is -2.22. The summed E-state index contributed by atoms with van der Waals surface area (Å²) in [6, 6.07) is 0. The van der Waals surface area contributed by atoms with Gasteiger partial charge in [0, 0.05) is 13.1 Å². The van der Waals surface area contributed by atoms with Crippen molar-refractivity contribution < 1.29 is 0 Å². The smallest absolute Gasteiger partial charge is 0.0102 e. The Morgan fingerprint density at radius 2 is 1.73 bits per heavy atom. The molecule has 0 aromatic rings. The Bertz CT molecular complexity index is 94.2. The van der Waals surface area contributed by atoms with E-state index in [0.717, 1.165) is 19.6 Å². The summed E-state index contributed by atoms with van der Waals surface area (Å²) in [5.74, 6) is 0. The summed E-state index contributed by atoms with van der Waals surface area (Å²) in [5, 5.41) is 0. The van der Waals surface area contributed by atoms with Gasteiger partial charge in [-0.2, -0.15) is 0 Å². The molecule has 2 nitrogen and oxygen atoms in total. The van der Waals surface area contributed by atoms with Crippen LogP contribution < -0.4 is 5.73 Å². The van der Waals surface area contributed by atoms with Crippen molar-refractivity contribution in [3.8, 4) is 0 Å². The normalized spacial score (nSPS) is 12.5. The molecule has 0 aromatic carbocycles. The van der Waals surface area contributed by atoms with Crippen LogP contribution in [0, 0.1) is 5.41 Å². The highest BCUT2D eigenvalue weighted by atomic mass is 15.1. The average molecular weight is 158 g/mol. The Balaban J connectivity index is 3.38. The molecule has 0 aliphatic heterocycles. The van der Waals surface area contributed by atoms with E-state index in [1.54, 1.807) is 0 Å². The predicted molar refractivity (Wildman–Crippen MR) is 50.6 cm³/mol. The Kier molecular flexibility index (Phi) is 4.69. The molecule has 0 rings (SSSR count). The molecule has 0 amide bonds. The van der Waals surface area contributed by atoms with Crippen molar-refractivity contribution in [2.75, 3.05) is 26.7 Å². The van der Waals surface area contributed by atoms with Gasteiger partial charge in [-0.15, -0.1) is 0 Å². The number of likely N-dealkylation sites (N-methyl/N-ethyl adjacent to an activating group) is 1. The third-order valence-corrected chi connectivity index (χ3v) is 1.75. The molecule has 2 heteroatoms. The molecule has 0 saturated heterocycles. The largest absolute Gasteiger partial charge is 0.329 e. The molecule has 0 atom stereocenters. The quantitative estimate of drug-likeness (QED) is 0.668. The first-order chi connectivity index (χ1) is 4.95. The molecule has 0 saturated carbocycles. The third-order valence-electron chi connectivity index (χ3n) is 1.75. The van der Waals surface area contributed by atoms with Crippen LogP contribution in [0.1, 0.15) is 27.2 Å². The minimum absolute atomic E-state index is 0.447. The maximum absolute atomic E-state index is 5.43. The first-order valence-electron chi connectivity index (χ1n) is 4.34. The van der Waals surface area contributed by atoms with Crippen molar-refractivity contribution in [2.24, 2.45) is 11.1 Å². The molecular weight excluding hydrogens is 136 g/mol. The molecule has 0 aliphatic carbocycles. The monoisotopic (exact) mass is 158 g/mol. The summed E-state index contributed by atoms with van der Waals surface area (Å²) in [5.41, 5.74) is 5.87. The van der Waals surface area contributed by atoms with Crippen LogP contribution in [0.3, 0.4) is 0 Å². The Labute approximate surface area is 70.8 Å². The second-order valence-corrected chi connectivity index (χ2v) is 4.40. The minimum Gasteiger partial charge on any atom is -0.329 e. The van der Waals surface area contributed by atoms with E-state index in [1.807, 2.05) is 0 Å². The second kappa shape index (κ2) is 4.73. The van der Waals surface area contributed by atoms with Crippen LogP contribution in [0.15, 0.2) is 0 Å². The van der Waals surface area contributed by atoms with Gasteiger partial charge >= 0.3 is 0 Å². The van der Waals surface area contributed by atoms with Crippen LogP contribution >= 0.6 is 0 Å². The van der Waals surface area contributed by atoms with Crippen LogP contribution in [0.2, 0.25) is 0 Å². The zero-order valence-corrected chi connectivity index (χ0v) is 8.35. The first kappa shape index (κ1) is 10.9. The first-order valence-corrected chi connectivity index (χ1v) is 4.34. The van der Waals surface area contributed by atoms with Gasteiger partial charge in [-0.3, -0.25) is 0 Å². The van der Waals surface area contributed by atoms with Crippen molar-refractivity contribution >= 4 is 0 Å². The zero-order valence-electron chi connectivity index (χ0n) is 8.35. The Morgan fingerprint density at radius 1 is 1.18 bits per heavy atom. The highest BCUT2D eigenvalue weighted by Gasteiger charge is 2.10. The molecule has 0 radical (unpaired) electrons. The molecule has 0 spiro atoms. The average Bonchev–Trinajstić information content (AvgIpc) is 1.83. The van der Waals surface area contributed by atoms with E-state index in [1.165, 1.54) is 6.42 Å². The van der Waals surface area contributed by atoms with Crippen molar-refractivity contribution in [1.82, 2.24) is 4.90 Å². The van der Waals surface area contributed by atoms with Gasteiger partial charge in [-0.05, 0) is 25.4 Å². The van der Waals surface area contributed by atoms with Gasteiger partial charge < -0.3 is 10.6 Å². The lowest BCUT2D eigenvalue weighted by Crippen LogP contribution is -2.28. The number of nitrogens with zero attached hydrogens (tertiary/aromatic N) is 1. The molecule has 0 bridgehead atoms. The van der Waals surface area contributed by atoms with E-state index in [-0.39, 0.29) is 0 Å². The molecule has 0 fully saturated rings. The highest BCUT2D eigenvalue weighted by molar-refractivity contribution is 4.64. The molecule has 68 valence electrons. The third kappa shape index (κ3) is 7.82. The van der Waals surface area contributed by atoms with Crippen LogP contribution in [0.5, 0.6) is 0 Å². The fourth-order valence-corrected chi connectivity index (χ4v) is 0.858. The van der Waals surface area contributed by atoms with Gasteiger partial charge in [-0.25, -0.2) is 0 Å². The highest BCUT2D eigenvalue weighted by Crippen LogP contribution is 2.17. The van der Waals surface area contributed by atoms with Crippen molar-refractivity contribution in [3.05, 3.63) is 0 Å². The van der Waals surface area contributed by atoms with Gasteiger partial charge in [0.1, 0.15) is 0 Å². The Morgan fingerprint density at radius 3 is 2.09 bits per heavy atom. The van der Waals surface area contributed by atoms with E-state index in [4.69, 9.17) is 5.73 Å². The van der Waals surface area contributed by atoms with Crippen LogP contribution in [-0.4, -0.2) is 31.6 Å². The molecular formula is C9H22N2. The number of rotatable bonds is 4. The Hall–Kier alpha value is -0.0800. The molecule has 0 heterocycles. The van der Waals surface area contributed by atoms with Crippen LogP contribution in [0.4, 0.5) is 0 Å². The molecule has 0 aliphatic rings. The minimum atomic E-state index is 0.447. The fraction of sp³-hybridized carbons (Fsp3) is 1.00. The van der Waals surface area contributed by atoms with Gasteiger partial charge in [0.15, 0.2) is 0 Å². The maximum Gasteiger partial charge on any atom is 0.0102 e. The van der Waals surface area contributed by atoms with E-state index in [2.05, 4.69) is 32.7 Å². The standard InChI is InChI=1S/C9H22N2/c1-9(2,3)5-7-11(4)8-6-10/h5-8,10H2,1-4H3. The lowest BCUT2D eigenvalue weighted by atomic mass is 9.92. The predicted octanol–water partition coefficient (Wildman–Crippen LogP) is 1.31. The SMILES string of the molecule is CN(CCN)CCC(C)(C)C. The summed E-state index contributed by atoms with van der Waals surface area (Å²) in [7, 11) is 2.12. The van der Waals surface area contributed by atoms with Crippen molar-refractivity contribution in [2.45, 2.75) is 27.2 Å². The van der Waals surface area contributed by atoms with Crippen LogP contribution in [-0.2, 0) is 0 Å². The van der Waals surface area contributed by atoms with Crippen LogP contribution in [0.25, 0.3) is 0 Å². The topological polar surface area (TPSA) is 29.3 Å². The summed E-state index contributed by atoms with van der Waals surface area (Å²) in [6.07, 6.45) is 1.24. The summed E-state index contributed by atoms with van der Waals surface area (Å²) in [4.78, 5) is 2.28. The number of hydrogen-bond acceptors (Lipinski definition) is 2. The zero-order chi connectivity index (χ0) is 8.91. The van der Waals surface area contributed by atoms with E-state index >= 15 is 0 Å². The van der Waals surface area contributed by atoms with Gasteiger partial charge in [-0.1, -0.05) is 20.8 Å². The van der Waals surface area contributed by atoms with E-state index in [9.17, 15) is 0 Å². The molecule has 0 unspecified atom stereocenters. The second-order valence-electron chi connectivity index (χ2n) is 4.40. The van der Waals surface area contributed by atoms with Gasteiger partial charge in [0.05, 0.1) is 0 Å². The number of nitrogens with two attached hydrogens (primary N) is 1. The number of hydrogen-bond donors (Lipinski definition) is 1. The summed E-state index contributed by atoms with van der Waals surface area (Å²) in [6.45, 7) is 9.73. The van der Waals surface area contributed by atoms with Crippen molar-refractivity contribution in [3.63, 3.8) is 0 Å². The summed E-state index contributed by atoms with van der Waals surface area (Å²) >= 11 is 0. The molecule has 2 N–H and O–H groups in total. The van der Waals surface area contributed by atoms with E-state index in [0.29, 0.717) is 5.41 Å². The molecule has 11 heavy (non-hydrogen) atoms. The fourth-order valence-electron chi connectivity index (χ4n) is 0.858. The lowest BCUT2D eigenvalue weighted by molar-refractivity contribution is 0.269. The van der Waals surface area contributed by atoms with Gasteiger partial charge in [0.25, 0.3) is 0 Å². The van der Waals surface area contributed by atoms with E-state index < -0.39 is 0 Å². The van der Waals surface area contributed by atoms with Gasteiger partial charge in [0.2, 0.25) is 0 Å². The van der Waals surface area contributed by atoms with Crippen molar-refractivity contribution in [1.29, 1.82) is 0 Å². The summed E-state index contributed by atoms with van der Waals surface area (Å²) < 4.78 is 0. The maximum atomic E-state index is 5.43. The molecule has 0 aromatic heterocycles.